The second-order valence-corrected chi connectivity index (χ2v) is 4.96. The molecule has 0 aliphatic carbocycles. The predicted molar refractivity (Wildman–Crippen MR) is 75.6 cm³/mol. The molecule has 0 bridgehead atoms. The van der Waals surface area contributed by atoms with Gasteiger partial charge in [-0.05, 0) is 41.1 Å². The van der Waals surface area contributed by atoms with Crippen molar-refractivity contribution in [2.24, 2.45) is 0 Å². The van der Waals surface area contributed by atoms with Gasteiger partial charge in [0, 0.05) is 10.1 Å². The first-order chi connectivity index (χ1) is 7.75. The van der Waals surface area contributed by atoms with Crippen LogP contribution in [-0.2, 0) is 0 Å². The van der Waals surface area contributed by atoms with Crippen molar-refractivity contribution >= 4 is 28.5 Å². The first kappa shape index (κ1) is 13.5. The Morgan fingerprint density at radius 2 is 2.00 bits per heavy atom. The Bertz CT molecular complexity index is 338. The van der Waals surface area contributed by atoms with Crippen molar-refractivity contribution in [2.75, 3.05) is 6.54 Å². The third kappa shape index (κ3) is 4.51. The first-order valence-electron chi connectivity index (χ1n) is 5.78. The molecule has 1 aromatic rings. The van der Waals surface area contributed by atoms with Gasteiger partial charge in [0.15, 0.2) is 0 Å². The Balaban J connectivity index is 2.33. The fourth-order valence-electron chi connectivity index (χ4n) is 1.49. The van der Waals surface area contributed by atoms with Crippen molar-refractivity contribution in [3.8, 4) is 0 Å². The maximum Gasteiger partial charge on any atom is 0.252 e. The molecule has 0 unspecified atom stereocenters. The topological polar surface area (TPSA) is 29.1 Å². The number of nitrogens with one attached hydrogen (secondary N) is 1. The molecule has 0 fully saturated rings. The van der Waals surface area contributed by atoms with Gasteiger partial charge in [0.1, 0.15) is 0 Å². The number of carbonyl (C=O) groups excluding carboxylic acids is 1. The molecule has 3 heteroatoms. The van der Waals surface area contributed by atoms with Gasteiger partial charge in [-0.3, -0.25) is 4.79 Å². The van der Waals surface area contributed by atoms with Crippen LogP contribution < -0.4 is 5.32 Å². The number of carbonyl (C=O) groups is 1. The van der Waals surface area contributed by atoms with Crippen LogP contribution in [0.4, 0.5) is 0 Å². The highest BCUT2D eigenvalue weighted by Crippen LogP contribution is 2.11. The minimum atomic E-state index is 0.0431. The molecule has 0 aromatic heterocycles. The minimum absolute atomic E-state index is 0.0431. The van der Waals surface area contributed by atoms with Gasteiger partial charge >= 0.3 is 0 Å². The molecular formula is C13H18INO. The maximum atomic E-state index is 11.8. The molecule has 88 valence electrons. The van der Waals surface area contributed by atoms with Gasteiger partial charge in [-0.1, -0.05) is 38.3 Å². The number of unbranched alkanes of at least 4 members (excludes halogenated alkanes) is 3. The van der Waals surface area contributed by atoms with E-state index in [9.17, 15) is 4.79 Å². The SMILES string of the molecule is CCCCCCNC(=O)c1ccccc1I. The summed E-state index contributed by atoms with van der Waals surface area (Å²) < 4.78 is 1.01. The summed E-state index contributed by atoms with van der Waals surface area (Å²) >= 11 is 2.19. The normalized spacial score (nSPS) is 10.1. The number of hydrogen-bond donors (Lipinski definition) is 1. The van der Waals surface area contributed by atoms with E-state index in [-0.39, 0.29) is 5.91 Å². The monoisotopic (exact) mass is 331 g/mol. The summed E-state index contributed by atoms with van der Waals surface area (Å²) in [6.45, 7) is 2.97. The summed E-state index contributed by atoms with van der Waals surface area (Å²) in [4.78, 5) is 11.8. The zero-order valence-electron chi connectivity index (χ0n) is 9.63. The smallest absolute Gasteiger partial charge is 0.252 e. The average molecular weight is 331 g/mol. The van der Waals surface area contributed by atoms with Gasteiger partial charge in [0.25, 0.3) is 5.91 Å². The van der Waals surface area contributed by atoms with Gasteiger partial charge in [0.2, 0.25) is 0 Å². The van der Waals surface area contributed by atoms with Crippen LogP contribution in [0.2, 0.25) is 0 Å². The van der Waals surface area contributed by atoms with E-state index < -0.39 is 0 Å². The lowest BCUT2D eigenvalue weighted by Gasteiger charge is -2.06. The van der Waals surface area contributed by atoms with E-state index in [1.165, 1.54) is 19.3 Å². The summed E-state index contributed by atoms with van der Waals surface area (Å²) in [5.41, 5.74) is 0.776. The van der Waals surface area contributed by atoms with Crippen LogP contribution in [0.25, 0.3) is 0 Å². The summed E-state index contributed by atoms with van der Waals surface area (Å²) in [6, 6.07) is 7.66. The second-order valence-electron chi connectivity index (χ2n) is 3.80. The van der Waals surface area contributed by atoms with Crippen LogP contribution in [0.5, 0.6) is 0 Å². The van der Waals surface area contributed by atoms with Crippen LogP contribution in [0.3, 0.4) is 0 Å². The number of halogens is 1. The van der Waals surface area contributed by atoms with E-state index >= 15 is 0 Å². The molecule has 1 rings (SSSR count). The van der Waals surface area contributed by atoms with Crippen LogP contribution in [0.15, 0.2) is 24.3 Å². The summed E-state index contributed by atoms with van der Waals surface area (Å²) in [5.74, 6) is 0.0431. The molecule has 0 saturated heterocycles. The molecular weight excluding hydrogens is 313 g/mol. The van der Waals surface area contributed by atoms with E-state index in [0.29, 0.717) is 0 Å². The molecule has 0 spiro atoms. The number of hydrogen-bond acceptors (Lipinski definition) is 1. The Kier molecular flexibility index (Phi) is 6.45. The third-order valence-corrected chi connectivity index (χ3v) is 3.38. The van der Waals surface area contributed by atoms with E-state index in [1.807, 2.05) is 24.3 Å². The quantitative estimate of drug-likeness (QED) is 0.626. The lowest BCUT2D eigenvalue weighted by Crippen LogP contribution is -2.25. The molecule has 16 heavy (non-hydrogen) atoms. The van der Waals surface area contributed by atoms with Crippen molar-refractivity contribution in [2.45, 2.75) is 32.6 Å². The second kappa shape index (κ2) is 7.65. The van der Waals surface area contributed by atoms with Crippen molar-refractivity contribution in [1.29, 1.82) is 0 Å². The van der Waals surface area contributed by atoms with E-state index in [4.69, 9.17) is 0 Å². The van der Waals surface area contributed by atoms with Gasteiger partial charge in [-0.2, -0.15) is 0 Å². The van der Waals surface area contributed by atoms with Gasteiger partial charge in [-0.25, -0.2) is 0 Å². The Morgan fingerprint density at radius 1 is 1.25 bits per heavy atom. The molecule has 0 atom stereocenters. The number of benzene rings is 1. The zero-order chi connectivity index (χ0) is 11.8. The number of rotatable bonds is 6. The third-order valence-electron chi connectivity index (χ3n) is 2.43. The molecule has 1 amide bonds. The van der Waals surface area contributed by atoms with Crippen LogP contribution in [-0.4, -0.2) is 12.5 Å². The van der Waals surface area contributed by atoms with Crippen LogP contribution in [0, 0.1) is 3.57 Å². The molecule has 0 radical (unpaired) electrons. The molecule has 1 aromatic carbocycles. The standard InChI is InChI=1S/C13H18INO/c1-2-3-4-7-10-15-13(16)11-8-5-6-9-12(11)14/h5-6,8-9H,2-4,7,10H2,1H3,(H,15,16). The van der Waals surface area contributed by atoms with E-state index in [1.54, 1.807) is 0 Å². The highest BCUT2D eigenvalue weighted by molar-refractivity contribution is 14.1. The summed E-state index contributed by atoms with van der Waals surface area (Å²) in [6.07, 6.45) is 4.74. The Labute approximate surface area is 111 Å². The van der Waals surface area contributed by atoms with Crippen molar-refractivity contribution in [1.82, 2.24) is 5.32 Å². The fourth-order valence-corrected chi connectivity index (χ4v) is 2.13. The summed E-state index contributed by atoms with van der Waals surface area (Å²) in [7, 11) is 0. The molecule has 0 aliphatic rings. The van der Waals surface area contributed by atoms with Crippen molar-refractivity contribution in [3.05, 3.63) is 33.4 Å². The fraction of sp³-hybridized carbons (Fsp3) is 0.462. The van der Waals surface area contributed by atoms with Crippen molar-refractivity contribution in [3.63, 3.8) is 0 Å². The lowest BCUT2D eigenvalue weighted by molar-refractivity contribution is 0.0952. The van der Waals surface area contributed by atoms with Crippen LogP contribution >= 0.6 is 22.6 Å². The molecule has 0 aliphatic heterocycles. The molecule has 1 N–H and O–H groups in total. The molecule has 2 nitrogen and oxygen atoms in total. The molecule has 0 saturated carbocycles. The molecule has 0 heterocycles. The highest BCUT2D eigenvalue weighted by atomic mass is 127. The van der Waals surface area contributed by atoms with Gasteiger partial charge in [-0.15, -0.1) is 0 Å². The van der Waals surface area contributed by atoms with E-state index in [0.717, 1.165) is 22.1 Å². The van der Waals surface area contributed by atoms with Gasteiger partial charge < -0.3 is 5.32 Å². The minimum Gasteiger partial charge on any atom is -0.352 e. The highest BCUT2D eigenvalue weighted by Gasteiger charge is 2.07. The lowest BCUT2D eigenvalue weighted by atomic mass is 10.2. The van der Waals surface area contributed by atoms with Crippen LogP contribution in [0.1, 0.15) is 43.0 Å². The number of amides is 1. The van der Waals surface area contributed by atoms with Crippen molar-refractivity contribution < 1.29 is 4.79 Å². The zero-order valence-corrected chi connectivity index (χ0v) is 11.8. The largest absolute Gasteiger partial charge is 0.352 e. The first-order valence-corrected chi connectivity index (χ1v) is 6.86. The predicted octanol–water partition coefficient (Wildman–Crippen LogP) is 3.60. The Hall–Kier alpha value is -0.580. The average Bonchev–Trinajstić information content (AvgIpc) is 2.29. The summed E-state index contributed by atoms with van der Waals surface area (Å²) in [5, 5.41) is 2.95. The van der Waals surface area contributed by atoms with Gasteiger partial charge in [0.05, 0.1) is 5.56 Å². The maximum absolute atomic E-state index is 11.8. The van der Waals surface area contributed by atoms with E-state index in [2.05, 4.69) is 34.8 Å². The Morgan fingerprint density at radius 3 is 2.69 bits per heavy atom.